The number of ether oxygens (including phenoxy) is 3. The summed E-state index contributed by atoms with van der Waals surface area (Å²) in [5.41, 5.74) is 0.782. The van der Waals surface area contributed by atoms with Crippen LogP contribution in [-0.4, -0.2) is 48.2 Å². The lowest BCUT2D eigenvalue weighted by molar-refractivity contribution is -0.119. The molecule has 1 aromatic heterocycles. The molecule has 0 aliphatic carbocycles. The number of para-hydroxylation sites is 2. The lowest BCUT2D eigenvalue weighted by atomic mass is 10.2. The molecule has 8 nitrogen and oxygen atoms in total. The summed E-state index contributed by atoms with van der Waals surface area (Å²) in [5.74, 6) is 2.55. The molecule has 0 saturated carbocycles. The van der Waals surface area contributed by atoms with Crippen LogP contribution in [0.4, 0.5) is 0 Å². The largest absolute Gasteiger partial charge is 0.497 e. The first kappa shape index (κ1) is 19.1. The van der Waals surface area contributed by atoms with Gasteiger partial charge in [-0.25, -0.2) is 0 Å². The van der Waals surface area contributed by atoms with Crippen LogP contribution in [0.2, 0.25) is 0 Å². The maximum Gasteiger partial charge on any atom is 0.277 e. The average molecular weight is 413 g/mol. The van der Waals surface area contributed by atoms with Crippen molar-refractivity contribution >= 4 is 17.7 Å². The molecule has 0 saturated heterocycles. The topological polar surface area (TPSA) is 95.7 Å². The standard InChI is InChI=1S/C20H19N3O5S/c1-25-14-8-6-13(7-9-14)19-22-23-20(28-19)29-12-18(24)21-10-15-11-26-16-4-2-3-5-17(16)27-15/h2-9,15H,10-12H2,1H3,(H,21,24)/t15-/m0/s1. The van der Waals surface area contributed by atoms with Crippen molar-refractivity contribution in [1.29, 1.82) is 0 Å². The van der Waals surface area contributed by atoms with Gasteiger partial charge < -0.3 is 23.9 Å². The Labute approximate surface area is 171 Å². The first-order valence-corrected chi connectivity index (χ1v) is 9.96. The van der Waals surface area contributed by atoms with Crippen LogP contribution < -0.4 is 19.5 Å². The van der Waals surface area contributed by atoms with Crippen molar-refractivity contribution in [3.63, 3.8) is 0 Å². The van der Waals surface area contributed by atoms with Crippen LogP contribution in [0.25, 0.3) is 11.5 Å². The Bertz CT molecular complexity index is 976. The lowest BCUT2D eigenvalue weighted by Gasteiger charge is -2.26. The molecule has 0 unspecified atom stereocenters. The third-order valence-electron chi connectivity index (χ3n) is 4.16. The number of benzene rings is 2. The molecule has 150 valence electrons. The Morgan fingerprint density at radius 3 is 2.76 bits per heavy atom. The van der Waals surface area contributed by atoms with Crippen LogP contribution in [0.1, 0.15) is 0 Å². The van der Waals surface area contributed by atoms with Gasteiger partial charge in [0.25, 0.3) is 5.22 Å². The monoisotopic (exact) mass is 413 g/mol. The first-order chi connectivity index (χ1) is 14.2. The number of hydrogen-bond acceptors (Lipinski definition) is 8. The molecule has 1 amide bonds. The molecule has 1 aliphatic heterocycles. The highest BCUT2D eigenvalue weighted by atomic mass is 32.2. The van der Waals surface area contributed by atoms with E-state index in [4.69, 9.17) is 18.6 Å². The molecule has 1 N–H and O–H groups in total. The van der Waals surface area contributed by atoms with Crippen molar-refractivity contribution in [3.05, 3.63) is 48.5 Å². The van der Waals surface area contributed by atoms with Gasteiger partial charge in [0.1, 0.15) is 18.5 Å². The minimum atomic E-state index is -0.232. The Morgan fingerprint density at radius 1 is 1.17 bits per heavy atom. The van der Waals surface area contributed by atoms with E-state index >= 15 is 0 Å². The zero-order chi connectivity index (χ0) is 20.1. The second-order valence-corrected chi connectivity index (χ2v) is 7.12. The molecular formula is C20H19N3O5S. The van der Waals surface area contributed by atoms with Crippen LogP contribution in [0.5, 0.6) is 17.2 Å². The van der Waals surface area contributed by atoms with E-state index in [0.717, 1.165) is 17.1 Å². The maximum atomic E-state index is 12.1. The molecule has 0 spiro atoms. The summed E-state index contributed by atoms with van der Waals surface area (Å²) in [5, 5.41) is 11.2. The Balaban J connectivity index is 1.23. The molecule has 4 rings (SSSR count). The van der Waals surface area contributed by atoms with E-state index in [1.54, 1.807) is 7.11 Å². The van der Waals surface area contributed by atoms with Crippen molar-refractivity contribution in [3.8, 4) is 28.7 Å². The molecule has 3 aromatic rings. The van der Waals surface area contributed by atoms with E-state index < -0.39 is 0 Å². The molecule has 0 radical (unpaired) electrons. The van der Waals surface area contributed by atoms with Gasteiger partial charge in [-0.1, -0.05) is 23.9 Å². The second-order valence-electron chi connectivity index (χ2n) is 6.19. The highest BCUT2D eigenvalue weighted by Gasteiger charge is 2.21. The van der Waals surface area contributed by atoms with E-state index in [2.05, 4.69) is 15.5 Å². The van der Waals surface area contributed by atoms with Gasteiger partial charge in [-0.05, 0) is 36.4 Å². The lowest BCUT2D eigenvalue weighted by Crippen LogP contribution is -2.41. The van der Waals surface area contributed by atoms with Crippen LogP contribution in [0, 0.1) is 0 Å². The zero-order valence-electron chi connectivity index (χ0n) is 15.7. The maximum absolute atomic E-state index is 12.1. The highest BCUT2D eigenvalue weighted by Crippen LogP contribution is 2.30. The summed E-state index contributed by atoms with van der Waals surface area (Å²) in [6.45, 7) is 0.744. The Morgan fingerprint density at radius 2 is 1.97 bits per heavy atom. The first-order valence-electron chi connectivity index (χ1n) is 8.97. The van der Waals surface area contributed by atoms with E-state index in [0.29, 0.717) is 30.0 Å². The molecule has 0 fully saturated rings. The molecule has 2 aromatic carbocycles. The number of hydrogen-bond donors (Lipinski definition) is 1. The third kappa shape index (κ3) is 4.80. The quantitative estimate of drug-likeness (QED) is 0.591. The van der Waals surface area contributed by atoms with Crippen molar-refractivity contribution in [1.82, 2.24) is 15.5 Å². The second kappa shape index (κ2) is 8.87. The number of amides is 1. The number of carbonyl (C=O) groups is 1. The molecular weight excluding hydrogens is 394 g/mol. The van der Waals surface area contributed by atoms with Crippen LogP contribution in [0.3, 0.4) is 0 Å². The smallest absolute Gasteiger partial charge is 0.277 e. The summed E-state index contributed by atoms with van der Waals surface area (Å²) in [7, 11) is 1.60. The summed E-state index contributed by atoms with van der Waals surface area (Å²) >= 11 is 1.18. The van der Waals surface area contributed by atoms with Gasteiger partial charge in [-0.2, -0.15) is 0 Å². The van der Waals surface area contributed by atoms with Crippen molar-refractivity contribution in [2.75, 3.05) is 26.0 Å². The SMILES string of the molecule is COc1ccc(-c2nnc(SCC(=O)NC[C@H]3COc4ccccc4O3)o2)cc1. The van der Waals surface area contributed by atoms with E-state index in [1.165, 1.54) is 11.8 Å². The fourth-order valence-electron chi connectivity index (χ4n) is 2.69. The van der Waals surface area contributed by atoms with Crippen molar-refractivity contribution in [2.24, 2.45) is 0 Å². The predicted octanol–water partition coefficient (Wildman–Crippen LogP) is 2.79. The highest BCUT2D eigenvalue weighted by molar-refractivity contribution is 7.99. The summed E-state index contributed by atoms with van der Waals surface area (Å²) in [4.78, 5) is 12.1. The number of aromatic nitrogens is 2. The number of fused-ring (bicyclic) bond motifs is 1. The number of nitrogens with one attached hydrogen (secondary N) is 1. The molecule has 9 heteroatoms. The summed E-state index contributed by atoms with van der Waals surface area (Å²) < 4.78 is 22.2. The van der Waals surface area contributed by atoms with Gasteiger partial charge in [-0.15, -0.1) is 10.2 Å². The third-order valence-corrected chi connectivity index (χ3v) is 4.98. The predicted molar refractivity (Wildman–Crippen MR) is 106 cm³/mol. The minimum absolute atomic E-state index is 0.151. The average Bonchev–Trinajstić information content (AvgIpc) is 3.25. The molecule has 1 atom stereocenters. The summed E-state index contributed by atoms with van der Waals surface area (Å²) in [6.07, 6.45) is -0.232. The Hall–Kier alpha value is -3.20. The van der Waals surface area contributed by atoms with Crippen LogP contribution in [0.15, 0.2) is 58.2 Å². The number of carbonyl (C=O) groups excluding carboxylic acids is 1. The van der Waals surface area contributed by atoms with Gasteiger partial charge in [0.05, 0.1) is 19.4 Å². The number of rotatable bonds is 7. The zero-order valence-corrected chi connectivity index (χ0v) is 16.5. The fourth-order valence-corrected chi connectivity index (χ4v) is 3.28. The summed E-state index contributed by atoms with van der Waals surface area (Å²) in [6, 6.07) is 14.8. The van der Waals surface area contributed by atoms with Gasteiger partial charge in [0.2, 0.25) is 11.8 Å². The number of nitrogens with zero attached hydrogens (tertiary/aromatic N) is 2. The fraction of sp³-hybridized carbons (Fsp3) is 0.250. The molecule has 1 aliphatic rings. The minimum Gasteiger partial charge on any atom is -0.497 e. The van der Waals surface area contributed by atoms with Crippen molar-refractivity contribution in [2.45, 2.75) is 11.3 Å². The molecule has 0 bridgehead atoms. The molecule has 2 heterocycles. The van der Waals surface area contributed by atoms with E-state index in [-0.39, 0.29) is 17.8 Å². The van der Waals surface area contributed by atoms with Gasteiger partial charge in [-0.3, -0.25) is 4.79 Å². The van der Waals surface area contributed by atoms with E-state index in [9.17, 15) is 4.79 Å². The number of thioether (sulfide) groups is 1. The van der Waals surface area contributed by atoms with E-state index in [1.807, 2.05) is 48.5 Å². The van der Waals surface area contributed by atoms with Crippen LogP contribution >= 0.6 is 11.8 Å². The Kier molecular flexibility index (Phi) is 5.85. The molecule has 29 heavy (non-hydrogen) atoms. The van der Waals surface area contributed by atoms with Crippen LogP contribution in [-0.2, 0) is 4.79 Å². The number of methoxy groups -OCH3 is 1. The van der Waals surface area contributed by atoms with Gasteiger partial charge >= 0.3 is 0 Å². The van der Waals surface area contributed by atoms with Gasteiger partial charge in [0, 0.05) is 5.56 Å². The van der Waals surface area contributed by atoms with Gasteiger partial charge in [0.15, 0.2) is 11.5 Å². The normalized spacial score (nSPS) is 15.0. The van der Waals surface area contributed by atoms with Crippen molar-refractivity contribution < 1.29 is 23.4 Å².